The maximum Gasteiger partial charge on any atom is 0.208 e. The van der Waals surface area contributed by atoms with Crippen LogP contribution in [0.2, 0.25) is 0 Å². The van der Waals surface area contributed by atoms with Crippen molar-refractivity contribution in [2.24, 2.45) is 4.99 Å². The van der Waals surface area contributed by atoms with E-state index in [4.69, 9.17) is 4.99 Å². The molecule has 0 saturated heterocycles. The van der Waals surface area contributed by atoms with Crippen LogP contribution < -0.4 is 5.32 Å². The number of nitrogens with zero attached hydrogens (tertiary/aromatic N) is 3. The maximum atomic E-state index is 5.38. The first-order valence-electron chi connectivity index (χ1n) is 13.0. The lowest BCUT2D eigenvalue weighted by atomic mass is 9.96. The third kappa shape index (κ3) is 3.01. The van der Waals surface area contributed by atoms with Crippen molar-refractivity contribution in [2.45, 2.75) is 6.04 Å². The van der Waals surface area contributed by atoms with Gasteiger partial charge in [-0.3, -0.25) is 4.57 Å². The van der Waals surface area contributed by atoms with Crippen LogP contribution in [0, 0.1) is 0 Å². The first-order valence-corrected chi connectivity index (χ1v) is 13.0. The van der Waals surface area contributed by atoms with Crippen LogP contribution in [0.15, 0.2) is 138 Å². The van der Waals surface area contributed by atoms with Crippen molar-refractivity contribution < 1.29 is 0 Å². The van der Waals surface area contributed by atoms with Crippen molar-refractivity contribution in [3.63, 3.8) is 0 Å². The van der Waals surface area contributed by atoms with Crippen molar-refractivity contribution in [1.82, 2.24) is 9.13 Å². The van der Waals surface area contributed by atoms with Gasteiger partial charge in [0.15, 0.2) is 0 Å². The molecule has 0 aliphatic carbocycles. The van der Waals surface area contributed by atoms with Gasteiger partial charge in [0.05, 0.1) is 22.1 Å². The lowest BCUT2D eigenvalue weighted by Crippen LogP contribution is -2.27. The number of benzene rings is 5. The fraction of sp³-hybridized carbons (Fsp3) is 0.0294. The van der Waals surface area contributed by atoms with Gasteiger partial charge in [0.2, 0.25) is 5.96 Å². The number of anilines is 1. The average molecular weight is 489 g/mol. The van der Waals surface area contributed by atoms with Gasteiger partial charge in [-0.15, -0.1) is 0 Å². The highest BCUT2D eigenvalue weighted by molar-refractivity contribution is 6.24. The number of hydrogen-bond acceptors (Lipinski definition) is 2. The Morgan fingerprint density at radius 2 is 1.08 bits per heavy atom. The summed E-state index contributed by atoms with van der Waals surface area (Å²) in [5.74, 6) is 0.833. The SMILES string of the molecule is c1ccc(C2N=C(n3c4ccccc4c4c3c3ccccc3n4-c3ccccc3)Nc3ccccc32)cc1. The quantitative estimate of drug-likeness (QED) is 0.262. The Morgan fingerprint density at radius 1 is 0.526 bits per heavy atom. The molecule has 1 aliphatic heterocycles. The molecule has 180 valence electrons. The van der Waals surface area contributed by atoms with Gasteiger partial charge in [-0.25, -0.2) is 4.99 Å². The molecule has 4 heteroatoms. The molecule has 8 rings (SSSR count). The third-order valence-corrected chi connectivity index (χ3v) is 7.57. The summed E-state index contributed by atoms with van der Waals surface area (Å²) < 4.78 is 4.70. The van der Waals surface area contributed by atoms with Gasteiger partial charge in [0.1, 0.15) is 6.04 Å². The monoisotopic (exact) mass is 488 g/mol. The summed E-state index contributed by atoms with van der Waals surface area (Å²) in [5.41, 5.74) is 9.25. The first kappa shape index (κ1) is 21.0. The minimum atomic E-state index is -0.0951. The van der Waals surface area contributed by atoms with Crippen LogP contribution >= 0.6 is 0 Å². The summed E-state index contributed by atoms with van der Waals surface area (Å²) in [6.07, 6.45) is 0. The summed E-state index contributed by atoms with van der Waals surface area (Å²) in [5, 5.41) is 6.09. The van der Waals surface area contributed by atoms with E-state index in [1.54, 1.807) is 0 Å². The first-order chi connectivity index (χ1) is 18.9. The highest BCUT2D eigenvalue weighted by atomic mass is 15.2. The molecule has 0 fully saturated rings. The van der Waals surface area contributed by atoms with Crippen LogP contribution in [0.1, 0.15) is 17.2 Å². The van der Waals surface area contributed by atoms with Gasteiger partial charge in [-0.05, 0) is 35.9 Å². The Labute approximate surface area is 220 Å². The Bertz CT molecular complexity index is 1990. The highest BCUT2D eigenvalue weighted by Gasteiger charge is 2.28. The Morgan fingerprint density at radius 3 is 1.82 bits per heavy atom. The number of fused-ring (bicyclic) bond motifs is 6. The van der Waals surface area contributed by atoms with Crippen LogP contribution in [-0.4, -0.2) is 15.1 Å². The maximum absolute atomic E-state index is 5.38. The normalized spacial score (nSPS) is 14.9. The third-order valence-electron chi connectivity index (χ3n) is 7.57. The zero-order valence-corrected chi connectivity index (χ0v) is 20.6. The van der Waals surface area contributed by atoms with E-state index in [-0.39, 0.29) is 6.04 Å². The molecule has 0 amide bonds. The van der Waals surface area contributed by atoms with E-state index in [2.05, 4.69) is 148 Å². The lowest BCUT2D eigenvalue weighted by Gasteiger charge is -2.26. The van der Waals surface area contributed by atoms with Crippen LogP contribution in [-0.2, 0) is 0 Å². The van der Waals surface area contributed by atoms with Crippen LogP contribution in [0.4, 0.5) is 5.69 Å². The number of hydrogen-bond donors (Lipinski definition) is 1. The molecule has 1 N–H and O–H groups in total. The van der Waals surface area contributed by atoms with Crippen LogP contribution in [0.3, 0.4) is 0 Å². The largest absolute Gasteiger partial charge is 0.325 e. The number of nitrogens with one attached hydrogen (secondary N) is 1. The van der Waals surface area contributed by atoms with E-state index in [1.807, 2.05) is 0 Å². The summed E-state index contributed by atoms with van der Waals surface area (Å²) >= 11 is 0. The summed E-state index contributed by atoms with van der Waals surface area (Å²) in [7, 11) is 0. The molecule has 0 saturated carbocycles. The minimum Gasteiger partial charge on any atom is -0.325 e. The molecule has 1 aliphatic rings. The summed E-state index contributed by atoms with van der Waals surface area (Å²) in [6, 6.07) is 46.9. The van der Waals surface area contributed by atoms with E-state index in [9.17, 15) is 0 Å². The molecular formula is C34H24N4. The van der Waals surface area contributed by atoms with E-state index < -0.39 is 0 Å². The molecule has 1 atom stereocenters. The van der Waals surface area contributed by atoms with E-state index >= 15 is 0 Å². The molecule has 0 spiro atoms. The average Bonchev–Trinajstić information content (AvgIpc) is 3.50. The van der Waals surface area contributed by atoms with E-state index in [0.717, 1.165) is 28.4 Å². The Balaban J connectivity index is 1.49. The Hall–Kier alpha value is -5.09. The topological polar surface area (TPSA) is 34.2 Å². The number of aliphatic imine (C=N–C) groups is 1. The molecule has 4 nitrogen and oxygen atoms in total. The molecule has 1 unspecified atom stereocenters. The summed E-state index contributed by atoms with van der Waals surface area (Å²) in [6.45, 7) is 0. The second-order valence-electron chi connectivity index (χ2n) is 9.72. The van der Waals surface area contributed by atoms with E-state index in [1.165, 1.54) is 32.9 Å². The zero-order valence-electron chi connectivity index (χ0n) is 20.6. The second-order valence-corrected chi connectivity index (χ2v) is 9.72. The smallest absolute Gasteiger partial charge is 0.208 e. The molecule has 5 aromatic carbocycles. The van der Waals surface area contributed by atoms with Crippen molar-refractivity contribution in [1.29, 1.82) is 0 Å². The molecule has 7 aromatic rings. The van der Waals surface area contributed by atoms with Gasteiger partial charge < -0.3 is 9.88 Å². The van der Waals surface area contributed by atoms with Crippen LogP contribution in [0.25, 0.3) is 38.5 Å². The number of para-hydroxylation sites is 4. The van der Waals surface area contributed by atoms with Crippen molar-refractivity contribution in [3.8, 4) is 5.69 Å². The number of rotatable bonds is 2. The van der Waals surface area contributed by atoms with Gasteiger partial charge >= 0.3 is 0 Å². The predicted octanol–water partition coefficient (Wildman–Crippen LogP) is 8.16. The van der Waals surface area contributed by atoms with Crippen molar-refractivity contribution >= 4 is 44.5 Å². The fourth-order valence-electron chi connectivity index (χ4n) is 5.95. The molecule has 2 aromatic heterocycles. The van der Waals surface area contributed by atoms with E-state index in [0.29, 0.717) is 0 Å². The zero-order chi connectivity index (χ0) is 25.1. The van der Waals surface area contributed by atoms with Gasteiger partial charge in [-0.2, -0.15) is 0 Å². The molecular weight excluding hydrogens is 464 g/mol. The second kappa shape index (κ2) is 8.22. The van der Waals surface area contributed by atoms with Gasteiger partial charge in [0, 0.05) is 27.7 Å². The molecule has 0 radical (unpaired) electrons. The minimum absolute atomic E-state index is 0.0951. The fourth-order valence-corrected chi connectivity index (χ4v) is 5.95. The molecule has 0 bridgehead atoms. The van der Waals surface area contributed by atoms with Gasteiger partial charge in [-0.1, -0.05) is 103 Å². The van der Waals surface area contributed by atoms with Crippen molar-refractivity contribution in [2.75, 3.05) is 5.32 Å². The van der Waals surface area contributed by atoms with Gasteiger partial charge in [0.25, 0.3) is 0 Å². The molecule has 38 heavy (non-hydrogen) atoms. The lowest BCUT2D eigenvalue weighted by molar-refractivity contribution is 0.851. The Kier molecular flexibility index (Phi) is 4.55. The van der Waals surface area contributed by atoms with Crippen molar-refractivity contribution in [3.05, 3.63) is 145 Å². The number of aromatic nitrogens is 2. The highest BCUT2D eigenvalue weighted by Crippen LogP contribution is 2.41. The molecule has 3 heterocycles. The standard InChI is InChI=1S/C34H24N4/c1-3-13-23(14-4-1)31-25-17-7-10-20-28(25)35-34(36-31)38-30-22-12-9-19-27(30)32-33(38)26-18-8-11-21-29(26)37(32)24-15-5-2-6-16-24/h1-22,31H,(H,35,36). The summed E-state index contributed by atoms with van der Waals surface area (Å²) in [4.78, 5) is 5.38. The predicted molar refractivity (Wildman–Crippen MR) is 157 cm³/mol. The van der Waals surface area contributed by atoms with Crippen LogP contribution in [0.5, 0.6) is 0 Å².